The molecule has 0 spiro atoms. The Balaban J connectivity index is 4.52. The van der Waals surface area contributed by atoms with Crippen molar-refractivity contribution >= 4 is 11.9 Å². The molecular formula is C10H16O4. The molecule has 0 amide bonds. The highest BCUT2D eigenvalue weighted by atomic mass is 16.7. The van der Waals surface area contributed by atoms with Crippen molar-refractivity contribution in [1.29, 1.82) is 0 Å². The zero-order chi connectivity index (χ0) is 11.1. The van der Waals surface area contributed by atoms with Gasteiger partial charge in [-0.3, -0.25) is 9.59 Å². The van der Waals surface area contributed by atoms with Crippen LogP contribution in [0.3, 0.4) is 0 Å². The largest absolute Gasteiger partial charge is 0.421 e. The molecule has 0 saturated carbocycles. The molecule has 4 heteroatoms. The Labute approximate surface area is 83.9 Å². The predicted octanol–water partition coefficient (Wildman–Crippen LogP) is 1.79. The third-order valence-electron chi connectivity index (χ3n) is 1.63. The molecule has 80 valence electrons. The first-order valence-corrected chi connectivity index (χ1v) is 4.50. The van der Waals surface area contributed by atoms with Crippen molar-refractivity contribution in [2.45, 2.75) is 40.4 Å². The summed E-state index contributed by atoms with van der Waals surface area (Å²) in [7, 11) is 0. The lowest BCUT2D eigenvalue weighted by atomic mass is 10.2. The molecule has 0 saturated heterocycles. The molecule has 0 N–H and O–H groups in total. The summed E-state index contributed by atoms with van der Waals surface area (Å²) >= 11 is 0. The van der Waals surface area contributed by atoms with Gasteiger partial charge in [-0.2, -0.15) is 0 Å². The Bertz CT molecular complexity index is 227. The molecular weight excluding hydrogens is 184 g/mol. The standard InChI is InChI=1S/C10H16O4/c1-5-9(6-2)10(13-7(3)11)14-8(4)12/h5,10H,6H2,1-4H3. The molecule has 0 aliphatic rings. The van der Waals surface area contributed by atoms with Crippen LogP contribution in [-0.2, 0) is 19.1 Å². The summed E-state index contributed by atoms with van der Waals surface area (Å²) in [5.41, 5.74) is 0.774. The van der Waals surface area contributed by atoms with Crippen LogP contribution in [0.5, 0.6) is 0 Å². The number of carbonyl (C=O) groups excluding carboxylic acids is 2. The van der Waals surface area contributed by atoms with Crippen molar-refractivity contribution in [3.8, 4) is 0 Å². The van der Waals surface area contributed by atoms with Gasteiger partial charge in [0.05, 0.1) is 0 Å². The Hall–Kier alpha value is -1.32. The molecule has 0 atom stereocenters. The first-order valence-electron chi connectivity index (χ1n) is 4.50. The van der Waals surface area contributed by atoms with Crippen LogP contribution in [0.2, 0.25) is 0 Å². The molecule has 0 rings (SSSR count). The zero-order valence-electron chi connectivity index (χ0n) is 8.99. The van der Waals surface area contributed by atoms with Gasteiger partial charge in [0.1, 0.15) is 0 Å². The van der Waals surface area contributed by atoms with Gasteiger partial charge in [0.15, 0.2) is 0 Å². The summed E-state index contributed by atoms with van der Waals surface area (Å²) in [6, 6.07) is 0. The summed E-state index contributed by atoms with van der Waals surface area (Å²) in [6.07, 6.45) is 1.57. The van der Waals surface area contributed by atoms with Gasteiger partial charge in [-0.25, -0.2) is 0 Å². The molecule has 14 heavy (non-hydrogen) atoms. The van der Waals surface area contributed by atoms with E-state index in [2.05, 4.69) is 0 Å². The summed E-state index contributed by atoms with van der Waals surface area (Å²) in [6.45, 7) is 6.26. The van der Waals surface area contributed by atoms with Crippen LogP contribution in [0.25, 0.3) is 0 Å². The molecule has 0 radical (unpaired) electrons. The molecule has 0 unspecified atom stereocenters. The van der Waals surface area contributed by atoms with Gasteiger partial charge >= 0.3 is 11.9 Å². The molecule has 0 fully saturated rings. The Morgan fingerprint density at radius 3 is 1.86 bits per heavy atom. The van der Waals surface area contributed by atoms with E-state index in [0.717, 1.165) is 5.57 Å². The van der Waals surface area contributed by atoms with E-state index < -0.39 is 18.2 Å². The maximum absolute atomic E-state index is 10.7. The molecule has 4 nitrogen and oxygen atoms in total. The molecule has 0 aromatic carbocycles. The predicted molar refractivity (Wildman–Crippen MR) is 51.4 cm³/mol. The lowest BCUT2D eigenvalue weighted by molar-refractivity contribution is -0.178. The summed E-state index contributed by atoms with van der Waals surface area (Å²) in [5, 5.41) is 0. The topological polar surface area (TPSA) is 52.6 Å². The molecule has 0 aromatic rings. The summed E-state index contributed by atoms with van der Waals surface area (Å²) in [5.74, 6) is -0.937. The van der Waals surface area contributed by atoms with Crippen LogP contribution in [0, 0.1) is 0 Å². The summed E-state index contributed by atoms with van der Waals surface area (Å²) < 4.78 is 9.71. The normalized spacial score (nSPS) is 11.4. The van der Waals surface area contributed by atoms with Crippen molar-refractivity contribution in [3.05, 3.63) is 11.6 Å². The number of hydrogen-bond acceptors (Lipinski definition) is 4. The quantitative estimate of drug-likeness (QED) is 0.394. The van der Waals surface area contributed by atoms with E-state index in [1.165, 1.54) is 13.8 Å². The van der Waals surface area contributed by atoms with E-state index in [0.29, 0.717) is 6.42 Å². The molecule has 0 heterocycles. The third-order valence-corrected chi connectivity index (χ3v) is 1.63. The maximum atomic E-state index is 10.7. The fourth-order valence-corrected chi connectivity index (χ4v) is 0.984. The average Bonchev–Trinajstić information content (AvgIpc) is 2.03. The Morgan fingerprint density at radius 1 is 1.21 bits per heavy atom. The fourth-order valence-electron chi connectivity index (χ4n) is 0.984. The number of esters is 2. The van der Waals surface area contributed by atoms with Crippen molar-refractivity contribution in [2.75, 3.05) is 0 Å². The Kier molecular flexibility index (Phi) is 5.60. The van der Waals surface area contributed by atoms with Crippen molar-refractivity contribution in [2.24, 2.45) is 0 Å². The van der Waals surface area contributed by atoms with Crippen molar-refractivity contribution in [1.82, 2.24) is 0 Å². The number of rotatable bonds is 4. The molecule has 0 bridgehead atoms. The second kappa shape index (κ2) is 6.18. The van der Waals surface area contributed by atoms with Crippen molar-refractivity contribution in [3.63, 3.8) is 0 Å². The minimum absolute atomic E-state index is 0.468. The maximum Gasteiger partial charge on any atom is 0.305 e. The van der Waals surface area contributed by atoms with Crippen LogP contribution in [-0.4, -0.2) is 18.2 Å². The van der Waals surface area contributed by atoms with E-state index in [1.807, 2.05) is 6.92 Å². The second-order valence-corrected chi connectivity index (χ2v) is 2.77. The highest BCUT2D eigenvalue weighted by Crippen LogP contribution is 2.13. The first-order chi connectivity index (χ1) is 6.51. The monoisotopic (exact) mass is 200 g/mol. The molecule has 0 aliphatic carbocycles. The first kappa shape index (κ1) is 12.7. The van der Waals surface area contributed by atoms with E-state index in [4.69, 9.17) is 9.47 Å². The lowest BCUT2D eigenvalue weighted by Crippen LogP contribution is -2.24. The van der Waals surface area contributed by atoms with Crippen LogP contribution in [0.4, 0.5) is 0 Å². The van der Waals surface area contributed by atoms with E-state index >= 15 is 0 Å². The second-order valence-electron chi connectivity index (χ2n) is 2.77. The van der Waals surface area contributed by atoms with Crippen molar-refractivity contribution < 1.29 is 19.1 Å². The van der Waals surface area contributed by atoms with E-state index in [-0.39, 0.29) is 0 Å². The van der Waals surface area contributed by atoms with Gasteiger partial charge in [0.2, 0.25) is 0 Å². The smallest absolute Gasteiger partial charge is 0.305 e. The highest BCUT2D eigenvalue weighted by molar-refractivity contribution is 5.68. The van der Waals surface area contributed by atoms with E-state index in [1.54, 1.807) is 13.0 Å². The number of carbonyl (C=O) groups is 2. The van der Waals surface area contributed by atoms with E-state index in [9.17, 15) is 9.59 Å². The zero-order valence-corrected chi connectivity index (χ0v) is 8.99. The molecule has 0 aromatic heterocycles. The number of ether oxygens (including phenoxy) is 2. The number of allylic oxidation sites excluding steroid dienone is 1. The Morgan fingerprint density at radius 2 is 1.64 bits per heavy atom. The van der Waals surface area contributed by atoms with Crippen LogP contribution >= 0.6 is 0 Å². The van der Waals surface area contributed by atoms with Gasteiger partial charge in [-0.1, -0.05) is 13.0 Å². The van der Waals surface area contributed by atoms with Crippen LogP contribution in [0.1, 0.15) is 34.1 Å². The van der Waals surface area contributed by atoms with Gasteiger partial charge in [0.25, 0.3) is 6.29 Å². The van der Waals surface area contributed by atoms with Crippen LogP contribution in [0.15, 0.2) is 11.6 Å². The third kappa shape index (κ3) is 4.64. The van der Waals surface area contributed by atoms with Gasteiger partial charge < -0.3 is 9.47 Å². The van der Waals surface area contributed by atoms with Gasteiger partial charge in [0, 0.05) is 19.4 Å². The lowest BCUT2D eigenvalue weighted by Gasteiger charge is -2.18. The van der Waals surface area contributed by atoms with Crippen LogP contribution < -0.4 is 0 Å². The summed E-state index contributed by atoms with van der Waals surface area (Å²) in [4.78, 5) is 21.5. The number of hydrogen-bond donors (Lipinski definition) is 0. The molecule has 0 aliphatic heterocycles. The fraction of sp³-hybridized carbons (Fsp3) is 0.600. The van der Waals surface area contributed by atoms with Gasteiger partial charge in [-0.05, 0) is 13.3 Å². The highest BCUT2D eigenvalue weighted by Gasteiger charge is 2.18. The minimum atomic E-state index is -0.875. The minimum Gasteiger partial charge on any atom is -0.421 e. The SMILES string of the molecule is CC=C(CC)C(OC(C)=O)OC(C)=O. The average molecular weight is 200 g/mol. The van der Waals surface area contributed by atoms with Gasteiger partial charge in [-0.15, -0.1) is 0 Å².